The summed E-state index contributed by atoms with van der Waals surface area (Å²) in [5.41, 5.74) is 1.76. The molecular formula is C16H23N5O2S. The monoisotopic (exact) mass is 349 g/mol. The molecule has 0 atom stereocenters. The standard InChI is InChI=1S/C16H23N5O2S/c1-21(15-8-3-2-4-9-15)24(22,23)19-11-13-6-5-7-14(10-13)16-17-12-18-20-16/h5-7,10,12,15,19H,2-4,8-9,11H2,1H3,(H,17,18,20). The first-order valence-corrected chi connectivity index (χ1v) is 9.67. The van der Waals surface area contributed by atoms with Crippen LogP contribution in [0.3, 0.4) is 0 Å². The second-order valence-electron chi connectivity index (χ2n) is 6.17. The van der Waals surface area contributed by atoms with E-state index in [1.165, 1.54) is 17.1 Å². The average Bonchev–Trinajstić information content (AvgIpc) is 3.15. The van der Waals surface area contributed by atoms with Gasteiger partial charge in [-0.3, -0.25) is 5.10 Å². The molecule has 1 aromatic carbocycles. The molecular weight excluding hydrogens is 326 g/mol. The van der Waals surface area contributed by atoms with Crippen LogP contribution in [0.25, 0.3) is 11.4 Å². The normalized spacial score (nSPS) is 16.6. The van der Waals surface area contributed by atoms with Crippen molar-refractivity contribution in [2.24, 2.45) is 0 Å². The number of nitrogens with one attached hydrogen (secondary N) is 2. The minimum absolute atomic E-state index is 0.108. The lowest BCUT2D eigenvalue weighted by Gasteiger charge is -2.30. The molecule has 130 valence electrons. The highest BCUT2D eigenvalue weighted by Crippen LogP contribution is 2.23. The van der Waals surface area contributed by atoms with E-state index in [9.17, 15) is 8.42 Å². The van der Waals surface area contributed by atoms with E-state index in [2.05, 4.69) is 19.9 Å². The molecule has 2 aromatic rings. The molecule has 0 amide bonds. The van der Waals surface area contributed by atoms with E-state index < -0.39 is 10.2 Å². The molecule has 1 saturated carbocycles. The van der Waals surface area contributed by atoms with Gasteiger partial charge in [0, 0.05) is 25.2 Å². The van der Waals surface area contributed by atoms with E-state index >= 15 is 0 Å². The van der Waals surface area contributed by atoms with Gasteiger partial charge < -0.3 is 0 Å². The topological polar surface area (TPSA) is 91.0 Å². The molecule has 0 radical (unpaired) electrons. The molecule has 1 aliphatic carbocycles. The maximum absolute atomic E-state index is 12.5. The number of hydrogen-bond donors (Lipinski definition) is 2. The van der Waals surface area contributed by atoms with E-state index in [0.29, 0.717) is 5.82 Å². The molecule has 1 aromatic heterocycles. The molecule has 0 aliphatic heterocycles. The van der Waals surface area contributed by atoms with Crippen LogP contribution >= 0.6 is 0 Å². The molecule has 24 heavy (non-hydrogen) atoms. The summed E-state index contributed by atoms with van der Waals surface area (Å²) in [6.45, 7) is 0.251. The van der Waals surface area contributed by atoms with Crippen molar-refractivity contribution < 1.29 is 8.42 Å². The SMILES string of the molecule is CN(C1CCCCC1)S(=O)(=O)NCc1cccc(-c2ncn[nH]2)c1. The number of benzene rings is 1. The summed E-state index contributed by atoms with van der Waals surface area (Å²) in [4.78, 5) is 4.11. The first-order valence-electron chi connectivity index (χ1n) is 8.23. The fraction of sp³-hybridized carbons (Fsp3) is 0.500. The smallest absolute Gasteiger partial charge is 0.259 e. The summed E-state index contributed by atoms with van der Waals surface area (Å²) in [5, 5.41) is 6.64. The van der Waals surface area contributed by atoms with Crippen LogP contribution in [0, 0.1) is 0 Å². The molecule has 1 fully saturated rings. The molecule has 0 bridgehead atoms. The summed E-state index contributed by atoms with van der Waals surface area (Å²) in [6, 6.07) is 7.70. The van der Waals surface area contributed by atoms with E-state index in [1.54, 1.807) is 7.05 Å². The third-order valence-electron chi connectivity index (χ3n) is 4.54. The van der Waals surface area contributed by atoms with Crippen LogP contribution in [0.4, 0.5) is 0 Å². The van der Waals surface area contributed by atoms with Gasteiger partial charge in [-0.15, -0.1) is 0 Å². The van der Waals surface area contributed by atoms with E-state index in [-0.39, 0.29) is 12.6 Å². The maximum Gasteiger partial charge on any atom is 0.279 e. The quantitative estimate of drug-likeness (QED) is 0.835. The molecule has 1 heterocycles. The fourth-order valence-corrected chi connectivity index (χ4v) is 4.25. The van der Waals surface area contributed by atoms with E-state index in [1.807, 2.05) is 24.3 Å². The molecule has 0 saturated heterocycles. The highest BCUT2D eigenvalue weighted by Gasteiger charge is 2.27. The maximum atomic E-state index is 12.5. The van der Waals surface area contributed by atoms with Crippen LogP contribution in [-0.4, -0.2) is 41.0 Å². The summed E-state index contributed by atoms with van der Waals surface area (Å²) in [6.07, 6.45) is 6.74. The molecule has 1 aliphatic rings. The second kappa shape index (κ2) is 7.42. The Bertz CT molecular complexity index is 755. The van der Waals surface area contributed by atoms with Gasteiger partial charge in [-0.25, -0.2) is 4.98 Å². The van der Waals surface area contributed by atoms with Crippen molar-refractivity contribution >= 4 is 10.2 Å². The highest BCUT2D eigenvalue weighted by atomic mass is 32.2. The lowest BCUT2D eigenvalue weighted by Crippen LogP contribution is -2.44. The number of aromatic nitrogens is 3. The first-order chi connectivity index (χ1) is 11.6. The second-order valence-corrected chi connectivity index (χ2v) is 7.98. The Morgan fingerprint density at radius 2 is 2.08 bits per heavy atom. The van der Waals surface area contributed by atoms with Gasteiger partial charge >= 0.3 is 0 Å². The summed E-state index contributed by atoms with van der Waals surface area (Å²) >= 11 is 0. The van der Waals surface area contributed by atoms with Gasteiger partial charge in [0.2, 0.25) is 0 Å². The predicted octanol–water partition coefficient (Wildman–Crippen LogP) is 2.07. The van der Waals surface area contributed by atoms with Gasteiger partial charge in [0.05, 0.1) is 0 Å². The Hall–Kier alpha value is -1.77. The van der Waals surface area contributed by atoms with Gasteiger partial charge in [-0.2, -0.15) is 22.5 Å². The predicted molar refractivity (Wildman–Crippen MR) is 92.2 cm³/mol. The third kappa shape index (κ3) is 4.00. The van der Waals surface area contributed by atoms with Gasteiger partial charge in [-0.1, -0.05) is 37.5 Å². The van der Waals surface area contributed by atoms with Crippen LogP contribution in [0.5, 0.6) is 0 Å². The zero-order chi connectivity index (χ0) is 17.0. The molecule has 2 N–H and O–H groups in total. The van der Waals surface area contributed by atoms with Crippen LogP contribution in [0.1, 0.15) is 37.7 Å². The summed E-state index contributed by atoms with van der Waals surface area (Å²) in [7, 11) is -1.81. The van der Waals surface area contributed by atoms with Crippen molar-refractivity contribution in [1.29, 1.82) is 0 Å². The Balaban J connectivity index is 1.65. The van der Waals surface area contributed by atoms with Crippen molar-refractivity contribution in [2.75, 3.05) is 7.05 Å². The largest absolute Gasteiger partial charge is 0.279 e. The first kappa shape index (κ1) is 17.1. The third-order valence-corrected chi connectivity index (χ3v) is 6.11. The molecule has 7 nitrogen and oxygen atoms in total. The van der Waals surface area contributed by atoms with Crippen molar-refractivity contribution in [3.05, 3.63) is 36.2 Å². The number of H-pyrrole nitrogens is 1. The molecule has 8 heteroatoms. The lowest BCUT2D eigenvalue weighted by atomic mass is 9.96. The summed E-state index contributed by atoms with van der Waals surface area (Å²) in [5.74, 6) is 0.666. The van der Waals surface area contributed by atoms with Crippen molar-refractivity contribution in [1.82, 2.24) is 24.2 Å². The average molecular weight is 349 g/mol. The number of aromatic amines is 1. The van der Waals surface area contributed by atoms with Crippen LogP contribution in [0.2, 0.25) is 0 Å². The zero-order valence-corrected chi connectivity index (χ0v) is 14.6. The lowest BCUT2D eigenvalue weighted by molar-refractivity contribution is 0.283. The van der Waals surface area contributed by atoms with Crippen molar-refractivity contribution in [2.45, 2.75) is 44.7 Å². The van der Waals surface area contributed by atoms with Gasteiger partial charge in [-0.05, 0) is 24.5 Å². The van der Waals surface area contributed by atoms with Gasteiger partial charge in [0.1, 0.15) is 6.33 Å². The van der Waals surface area contributed by atoms with Crippen molar-refractivity contribution in [3.8, 4) is 11.4 Å². The molecule has 3 rings (SSSR count). The minimum atomic E-state index is -3.48. The van der Waals surface area contributed by atoms with E-state index in [4.69, 9.17) is 0 Å². The van der Waals surface area contributed by atoms with Crippen LogP contribution in [-0.2, 0) is 16.8 Å². The van der Waals surface area contributed by atoms with Crippen LogP contribution < -0.4 is 4.72 Å². The fourth-order valence-electron chi connectivity index (χ4n) is 3.09. The summed E-state index contributed by atoms with van der Waals surface area (Å²) < 4.78 is 29.2. The Labute approximate surface area is 142 Å². The Morgan fingerprint density at radius 1 is 1.29 bits per heavy atom. The zero-order valence-electron chi connectivity index (χ0n) is 13.8. The Kier molecular flexibility index (Phi) is 5.27. The van der Waals surface area contributed by atoms with Crippen LogP contribution in [0.15, 0.2) is 30.6 Å². The molecule has 0 spiro atoms. The number of nitrogens with zero attached hydrogens (tertiary/aromatic N) is 3. The minimum Gasteiger partial charge on any atom is -0.259 e. The number of hydrogen-bond acceptors (Lipinski definition) is 4. The van der Waals surface area contributed by atoms with E-state index in [0.717, 1.165) is 36.8 Å². The van der Waals surface area contributed by atoms with Gasteiger partial charge in [0.15, 0.2) is 5.82 Å². The highest BCUT2D eigenvalue weighted by molar-refractivity contribution is 7.87. The Morgan fingerprint density at radius 3 is 2.79 bits per heavy atom. The van der Waals surface area contributed by atoms with Gasteiger partial charge in [0.25, 0.3) is 10.2 Å². The van der Waals surface area contributed by atoms with Crippen molar-refractivity contribution in [3.63, 3.8) is 0 Å². The number of rotatable bonds is 6. The molecule has 0 unspecified atom stereocenters.